The van der Waals surface area contributed by atoms with Crippen LogP contribution in [0.15, 0.2) is 18.2 Å². The SMILES string of the molecule is CC1CCCN(C(=O)NC(C)c2ccc(F)c(F)c2)C1. The fraction of sp³-hybridized carbons (Fsp3) is 0.533. The van der Waals surface area contributed by atoms with Crippen LogP contribution < -0.4 is 5.32 Å². The first kappa shape index (κ1) is 14.8. The van der Waals surface area contributed by atoms with E-state index in [4.69, 9.17) is 0 Å². The fourth-order valence-corrected chi connectivity index (χ4v) is 2.52. The van der Waals surface area contributed by atoms with Crippen LogP contribution in [0.3, 0.4) is 0 Å². The summed E-state index contributed by atoms with van der Waals surface area (Å²) in [6.45, 7) is 5.38. The lowest BCUT2D eigenvalue weighted by Gasteiger charge is -2.32. The van der Waals surface area contributed by atoms with Gasteiger partial charge in [-0.25, -0.2) is 13.6 Å². The second kappa shape index (κ2) is 6.20. The Bertz CT molecular complexity index is 493. The Hall–Kier alpha value is -1.65. The van der Waals surface area contributed by atoms with E-state index in [0.717, 1.165) is 38.1 Å². The van der Waals surface area contributed by atoms with Gasteiger partial charge in [0.2, 0.25) is 0 Å². The Morgan fingerprint density at radius 1 is 1.40 bits per heavy atom. The van der Waals surface area contributed by atoms with Crippen molar-refractivity contribution in [1.82, 2.24) is 10.2 Å². The van der Waals surface area contributed by atoms with E-state index in [0.29, 0.717) is 11.5 Å². The van der Waals surface area contributed by atoms with Crippen LogP contribution in [0.25, 0.3) is 0 Å². The molecule has 5 heteroatoms. The minimum Gasteiger partial charge on any atom is -0.331 e. The van der Waals surface area contributed by atoms with Crippen molar-refractivity contribution >= 4 is 6.03 Å². The third kappa shape index (κ3) is 3.46. The van der Waals surface area contributed by atoms with Crippen molar-refractivity contribution in [3.63, 3.8) is 0 Å². The van der Waals surface area contributed by atoms with Crippen LogP contribution in [-0.2, 0) is 0 Å². The smallest absolute Gasteiger partial charge is 0.317 e. The average molecular weight is 282 g/mol. The highest BCUT2D eigenvalue weighted by molar-refractivity contribution is 5.74. The van der Waals surface area contributed by atoms with Gasteiger partial charge in [-0.3, -0.25) is 0 Å². The predicted octanol–water partition coefficient (Wildman–Crippen LogP) is 3.47. The van der Waals surface area contributed by atoms with Gasteiger partial charge in [-0.2, -0.15) is 0 Å². The van der Waals surface area contributed by atoms with Crippen molar-refractivity contribution in [2.24, 2.45) is 5.92 Å². The molecule has 1 aromatic carbocycles. The molecular weight excluding hydrogens is 262 g/mol. The highest BCUT2D eigenvalue weighted by Crippen LogP contribution is 2.18. The molecule has 0 spiro atoms. The minimum atomic E-state index is -0.893. The molecule has 2 rings (SSSR count). The zero-order chi connectivity index (χ0) is 14.7. The molecular formula is C15H20F2N2O. The molecule has 0 aliphatic carbocycles. The van der Waals surface area contributed by atoms with E-state index in [2.05, 4.69) is 12.2 Å². The van der Waals surface area contributed by atoms with E-state index in [1.54, 1.807) is 11.8 Å². The number of likely N-dealkylation sites (tertiary alicyclic amines) is 1. The predicted molar refractivity (Wildman–Crippen MR) is 73.3 cm³/mol. The van der Waals surface area contributed by atoms with Gasteiger partial charge in [0.15, 0.2) is 11.6 Å². The summed E-state index contributed by atoms with van der Waals surface area (Å²) in [7, 11) is 0. The zero-order valence-corrected chi connectivity index (χ0v) is 11.8. The van der Waals surface area contributed by atoms with E-state index >= 15 is 0 Å². The second-order valence-corrected chi connectivity index (χ2v) is 5.54. The number of hydrogen-bond donors (Lipinski definition) is 1. The van der Waals surface area contributed by atoms with Crippen molar-refractivity contribution in [2.45, 2.75) is 32.7 Å². The molecule has 1 N–H and O–H groups in total. The maximum absolute atomic E-state index is 13.2. The van der Waals surface area contributed by atoms with Gasteiger partial charge < -0.3 is 10.2 Å². The second-order valence-electron chi connectivity index (χ2n) is 5.54. The maximum Gasteiger partial charge on any atom is 0.317 e. The van der Waals surface area contributed by atoms with Crippen LogP contribution in [0.1, 0.15) is 38.3 Å². The molecule has 3 nitrogen and oxygen atoms in total. The molecule has 0 aromatic heterocycles. The maximum atomic E-state index is 13.2. The molecule has 1 aromatic rings. The number of benzene rings is 1. The first-order valence-corrected chi connectivity index (χ1v) is 6.97. The summed E-state index contributed by atoms with van der Waals surface area (Å²) in [5.41, 5.74) is 0.558. The summed E-state index contributed by atoms with van der Waals surface area (Å²) in [5, 5.41) is 2.83. The molecule has 0 saturated carbocycles. The van der Waals surface area contributed by atoms with Gasteiger partial charge in [-0.15, -0.1) is 0 Å². The lowest BCUT2D eigenvalue weighted by atomic mass is 10.0. The molecule has 2 amide bonds. The molecule has 0 radical (unpaired) electrons. The van der Waals surface area contributed by atoms with Crippen LogP contribution in [0.4, 0.5) is 13.6 Å². The number of amides is 2. The summed E-state index contributed by atoms with van der Waals surface area (Å²) < 4.78 is 26.1. The topological polar surface area (TPSA) is 32.3 Å². The number of urea groups is 1. The fourth-order valence-electron chi connectivity index (χ4n) is 2.52. The van der Waals surface area contributed by atoms with Gasteiger partial charge in [0.25, 0.3) is 0 Å². The molecule has 110 valence electrons. The van der Waals surface area contributed by atoms with Gasteiger partial charge in [0, 0.05) is 13.1 Å². The highest BCUT2D eigenvalue weighted by atomic mass is 19.2. The summed E-state index contributed by atoms with van der Waals surface area (Å²) in [6.07, 6.45) is 2.15. The molecule has 1 aliphatic heterocycles. The molecule has 20 heavy (non-hydrogen) atoms. The number of carbonyl (C=O) groups excluding carboxylic acids is 1. The van der Waals surface area contributed by atoms with Crippen molar-refractivity contribution in [3.05, 3.63) is 35.4 Å². The normalized spacial score (nSPS) is 20.6. The first-order valence-electron chi connectivity index (χ1n) is 6.97. The summed E-state index contributed by atoms with van der Waals surface area (Å²) in [5.74, 6) is -1.26. The van der Waals surface area contributed by atoms with Gasteiger partial charge >= 0.3 is 6.03 Å². The molecule has 2 unspecified atom stereocenters. The van der Waals surface area contributed by atoms with Gasteiger partial charge in [0.05, 0.1) is 6.04 Å². The van der Waals surface area contributed by atoms with Crippen LogP contribution >= 0.6 is 0 Å². The summed E-state index contributed by atoms with van der Waals surface area (Å²) in [4.78, 5) is 13.9. The zero-order valence-electron chi connectivity index (χ0n) is 11.8. The van der Waals surface area contributed by atoms with Crippen molar-refractivity contribution in [3.8, 4) is 0 Å². The Morgan fingerprint density at radius 3 is 2.80 bits per heavy atom. The van der Waals surface area contributed by atoms with Crippen LogP contribution in [-0.4, -0.2) is 24.0 Å². The molecule has 1 aliphatic rings. The quantitative estimate of drug-likeness (QED) is 0.885. The van der Waals surface area contributed by atoms with Crippen molar-refractivity contribution < 1.29 is 13.6 Å². The van der Waals surface area contributed by atoms with Crippen molar-refractivity contribution in [2.75, 3.05) is 13.1 Å². The molecule has 1 fully saturated rings. The van der Waals surface area contributed by atoms with E-state index < -0.39 is 11.6 Å². The van der Waals surface area contributed by atoms with Crippen LogP contribution in [0, 0.1) is 17.6 Å². The molecule has 2 atom stereocenters. The number of piperidine rings is 1. The van der Waals surface area contributed by atoms with Gasteiger partial charge in [-0.1, -0.05) is 13.0 Å². The lowest BCUT2D eigenvalue weighted by Crippen LogP contribution is -2.45. The monoisotopic (exact) mass is 282 g/mol. The number of carbonyl (C=O) groups is 1. The Labute approximate surface area is 118 Å². The Morgan fingerprint density at radius 2 is 2.15 bits per heavy atom. The number of halogens is 2. The van der Waals surface area contributed by atoms with Gasteiger partial charge in [0.1, 0.15) is 0 Å². The Balaban J connectivity index is 1.97. The Kier molecular flexibility index (Phi) is 4.57. The average Bonchev–Trinajstić information content (AvgIpc) is 2.41. The number of hydrogen-bond acceptors (Lipinski definition) is 1. The highest BCUT2D eigenvalue weighted by Gasteiger charge is 2.22. The van der Waals surface area contributed by atoms with Crippen LogP contribution in [0.5, 0.6) is 0 Å². The molecule has 1 heterocycles. The van der Waals surface area contributed by atoms with Gasteiger partial charge in [-0.05, 0) is 43.4 Å². The lowest BCUT2D eigenvalue weighted by molar-refractivity contribution is 0.167. The van der Waals surface area contributed by atoms with E-state index in [1.807, 2.05) is 0 Å². The minimum absolute atomic E-state index is 0.145. The van der Waals surface area contributed by atoms with E-state index in [9.17, 15) is 13.6 Å². The molecule has 1 saturated heterocycles. The van der Waals surface area contributed by atoms with Crippen LogP contribution in [0.2, 0.25) is 0 Å². The largest absolute Gasteiger partial charge is 0.331 e. The summed E-state index contributed by atoms with van der Waals surface area (Å²) >= 11 is 0. The number of nitrogens with zero attached hydrogens (tertiary/aromatic N) is 1. The third-order valence-corrected chi connectivity index (χ3v) is 3.73. The number of nitrogens with one attached hydrogen (secondary N) is 1. The first-order chi connectivity index (χ1) is 9.47. The standard InChI is InChI=1S/C15H20F2N2O/c1-10-4-3-7-19(9-10)15(20)18-11(2)12-5-6-13(16)14(17)8-12/h5-6,8,10-11H,3-4,7,9H2,1-2H3,(H,18,20). The van der Waals surface area contributed by atoms with E-state index in [1.165, 1.54) is 6.07 Å². The summed E-state index contributed by atoms with van der Waals surface area (Å²) in [6, 6.07) is 3.20. The number of rotatable bonds is 2. The van der Waals surface area contributed by atoms with E-state index in [-0.39, 0.29) is 12.1 Å². The third-order valence-electron chi connectivity index (χ3n) is 3.73. The van der Waals surface area contributed by atoms with Crippen molar-refractivity contribution in [1.29, 1.82) is 0 Å². The molecule has 0 bridgehead atoms.